The van der Waals surface area contributed by atoms with Crippen LogP contribution in [0.2, 0.25) is 0 Å². The summed E-state index contributed by atoms with van der Waals surface area (Å²) in [6, 6.07) is 3.78. The number of hydrogen-bond acceptors (Lipinski definition) is 4. The van der Waals surface area contributed by atoms with E-state index in [2.05, 4.69) is 9.97 Å². The van der Waals surface area contributed by atoms with Gasteiger partial charge in [-0.15, -0.1) is 0 Å². The summed E-state index contributed by atoms with van der Waals surface area (Å²) in [6.45, 7) is 5.08. The summed E-state index contributed by atoms with van der Waals surface area (Å²) in [5.41, 5.74) is 1.26. The standard InChI is InChI=1S/C16H19N5O2/c1-11(2)8-21-14-13(15(22)19(3)16(21)23)20(10-18-14)9-12-4-6-17-7-5-12/h4-7,10-11H,8-9H2,1-3H3. The lowest BCUT2D eigenvalue weighted by Gasteiger charge is -2.12. The maximum atomic E-state index is 12.5. The van der Waals surface area contributed by atoms with Gasteiger partial charge in [0.1, 0.15) is 0 Å². The Morgan fingerprint density at radius 1 is 1.17 bits per heavy atom. The molecule has 0 saturated carbocycles. The highest BCUT2D eigenvalue weighted by Crippen LogP contribution is 2.11. The molecule has 0 aliphatic rings. The highest BCUT2D eigenvalue weighted by Gasteiger charge is 2.16. The van der Waals surface area contributed by atoms with Gasteiger partial charge in [-0.3, -0.25) is 18.9 Å². The van der Waals surface area contributed by atoms with Crippen molar-refractivity contribution in [3.8, 4) is 0 Å². The molecule has 7 heteroatoms. The number of fused-ring (bicyclic) bond motifs is 1. The van der Waals surface area contributed by atoms with Crippen LogP contribution in [0.15, 0.2) is 40.4 Å². The predicted octanol–water partition coefficient (Wildman–Crippen LogP) is 0.996. The molecule has 0 aliphatic carbocycles. The van der Waals surface area contributed by atoms with Gasteiger partial charge in [0.2, 0.25) is 0 Å². The SMILES string of the molecule is CC(C)Cn1c(=O)n(C)c(=O)c2c1ncn2Cc1ccncc1. The number of nitrogens with zero attached hydrogens (tertiary/aromatic N) is 5. The molecule has 0 fully saturated rings. The van der Waals surface area contributed by atoms with E-state index in [0.29, 0.717) is 24.3 Å². The molecule has 7 nitrogen and oxygen atoms in total. The van der Waals surface area contributed by atoms with Crippen molar-refractivity contribution >= 4 is 11.2 Å². The van der Waals surface area contributed by atoms with E-state index >= 15 is 0 Å². The fraction of sp³-hybridized carbons (Fsp3) is 0.375. The molecule has 0 radical (unpaired) electrons. The van der Waals surface area contributed by atoms with Crippen molar-refractivity contribution < 1.29 is 0 Å². The van der Waals surface area contributed by atoms with Gasteiger partial charge < -0.3 is 4.57 Å². The maximum absolute atomic E-state index is 12.5. The minimum Gasteiger partial charge on any atom is -0.320 e. The molecule has 0 bridgehead atoms. The first kappa shape index (κ1) is 15.2. The van der Waals surface area contributed by atoms with E-state index in [1.165, 1.54) is 7.05 Å². The van der Waals surface area contributed by atoms with E-state index in [0.717, 1.165) is 10.1 Å². The third-order valence-corrected chi connectivity index (χ3v) is 3.75. The number of aromatic nitrogens is 5. The summed E-state index contributed by atoms with van der Waals surface area (Å²) in [5.74, 6) is 0.277. The van der Waals surface area contributed by atoms with Crippen molar-refractivity contribution in [2.24, 2.45) is 13.0 Å². The van der Waals surface area contributed by atoms with Crippen LogP contribution >= 0.6 is 0 Å². The van der Waals surface area contributed by atoms with Crippen molar-refractivity contribution in [3.63, 3.8) is 0 Å². The van der Waals surface area contributed by atoms with Gasteiger partial charge in [0.15, 0.2) is 11.2 Å². The van der Waals surface area contributed by atoms with Crippen LogP contribution in [0.1, 0.15) is 19.4 Å². The van der Waals surface area contributed by atoms with Crippen molar-refractivity contribution in [3.05, 3.63) is 57.3 Å². The Morgan fingerprint density at radius 2 is 1.87 bits per heavy atom. The maximum Gasteiger partial charge on any atom is 0.332 e. The van der Waals surface area contributed by atoms with Gasteiger partial charge in [0.05, 0.1) is 6.33 Å². The van der Waals surface area contributed by atoms with E-state index in [-0.39, 0.29) is 17.2 Å². The zero-order valence-corrected chi connectivity index (χ0v) is 13.4. The summed E-state index contributed by atoms with van der Waals surface area (Å²) in [6.07, 6.45) is 5.03. The molecular weight excluding hydrogens is 294 g/mol. The van der Waals surface area contributed by atoms with Crippen LogP contribution in [0, 0.1) is 5.92 Å². The molecule has 0 spiro atoms. The van der Waals surface area contributed by atoms with Crippen LogP contribution in [0.3, 0.4) is 0 Å². The number of rotatable bonds is 4. The summed E-state index contributed by atoms with van der Waals surface area (Å²) < 4.78 is 4.50. The predicted molar refractivity (Wildman–Crippen MR) is 87.4 cm³/mol. The Hall–Kier alpha value is -2.70. The first-order valence-electron chi connectivity index (χ1n) is 7.52. The lowest BCUT2D eigenvalue weighted by molar-refractivity contribution is 0.500. The summed E-state index contributed by atoms with van der Waals surface area (Å²) in [5, 5.41) is 0. The Bertz CT molecular complexity index is 950. The molecular formula is C16H19N5O2. The van der Waals surface area contributed by atoms with Crippen LogP contribution in [-0.4, -0.2) is 23.7 Å². The first-order valence-corrected chi connectivity index (χ1v) is 7.52. The fourth-order valence-corrected chi connectivity index (χ4v) is 2.64. The molecule has 0 aliphatic heterocycles. The summed E-state index contributed by atoms with van der Waals surface area (Å²) >= 11 is 0. The molecule has 3 aromatic heterocycles. The van der Waals surface area contributed by atoms with Gasteiger partial charge >= 0.3 is 5.69 Å². The van der Waals surface area contributed by atoms with E-state index in [9.17, 15) is 9.59 Å². The van der Waals surface area contributed by atoms with Crippen molar-refractivity contribution in [2.45, 2.75) is 26.9 Å². The largest absolute Gasteiger partial charge is 0.332 e. The Labute approximate surface area is 132 Å². The van der Waals surface area contributed by atoms with Gasteiger partial charge in [-0.2, -0.15) is 0 Å². The third kappa shape index (κ3) is 2.69. The minimum absolute atomic E-state index is 0.277. The highest BCUT2D eigenvalue weighted by molar-refractivity contribution is 5.70. The van der Waals surface area contributed by atoms with Crippen LogP contribution in [-0.2, 0) is 20.1 Å². The zero-order valence-electron chi connectivity index (χ0n) is 13.4. The topological polar surface area (TPSA) is 74.7 Å². The van der Waals surface area contributed by atoms with Crippen LogP contribution in [0.25, 0.3) is 11.2 Å². The Balaban J connectivity index is 2.21. The van der Waals surface area contributed by atoms with E-state index in [1.807, 2.05) is 26.0 Å². The second kappa shape index (κ2) is 5.83. The van der Waals surface area contributed by atoms with Crippen LogP contribution in [0.4, 0.5) is 0 Å². The molecule has 0 N–H and O–H groups in total. The quantitative estimate of drug-likeness (QED) is 0.720. The number of imidazole rings is 1. The molecule has 0 atom stereocenters. The molecule has 0 unspecified atom stereocenters. The second-order valence-corrected chi connectivity index (χ2v) is 6.05. The second-order valence-electron chi connectivity index (χ2n) is 6.05. The Morgan fingerprint density at radius 3 is 2.52 bits per heavy atom. The molecule has 0 aromatic carbocycles. The van der Waals surface area contributed by atoms with Gasteiger partial charge in [-0.1, -0.05) is 13.8 Å². The molecule has 23 heavy (non-hydrogen) atoms. The average molecular weight is 313 g/mol. The molecule has 0 amide bonds. The minimum atomic E-state index is -0.328. The lowest BCUT2D eigenvalue weighted by atomic mass is 10.2. The molecule has 3 heterocycles. The van der Waals surface area contributed by atoms with Crippen molar-refractivity contribution in [1.29, 1.82) is 0 Å². The molecule has 0 saturated heterocycles. The average Bonchev–Trinajstić information content (AvgIpc) is 2.94. The van der Waals surface area contributed by atoms with Crippen molar-refractivity contribution in [2.75, 3.05) is 0 Å². The summed E-state index contributed by atoms with van der Waals surface area (Å²) in [4.78, 5) is 33.2. The number of pyridine rings is 1. The van der Waals surface area contributed by atoms with E-state index in [4.69, 9.17) is 0 Å². The lowest BCUT2D eigenvalue weighted by Crippen LogP contribution is -2.39. The van der Waals surface area contributed by atoms with Gasteiger partial charge in [0, 0.05) is 32.5 Å². The van der Waals surface area contributed by atoms with Crippen molar-refractivity contribution in [1.82, 2.24) is 23.7 Å². The first-order chi connectivity index (χ1) is 11.0. The molecule has 3 rings (SSSR count). The monoisotopic (exact) mass is 313 g/mol. The van der Waals surface area contributed by atoms with Gasteiger partial charge in [-0.05, 0) is 23.6 Å². The Kier molecular flexibility index (Phi) is 3.85. The van der Waals surface area contributed by atoms with E-state index in [1.54, 1.807) is 27.9 Å². The van der Waals surface area contributed by atoms with Gasteiger partial charge in [-0.25, -0.2) is 9.78 Å². The van der Waals surface area contributed by atoms with Crippen LogP contribution in [0.5, 0.6) is 0 Å². The summed E-state index contributed by atoms with van der Waals surface area (Å²) in [7, 11) is 1.50. The normalized spacial score (nSPS) is 11.5. The zero-order chi connectivity index (χ0) is 16.6. The number of hydrogen-bond donors (Lipinski definition) is 0. The smallest absolute Gasteiger partial charge is 0.320 e. The van der Waals surface area contributed by atoms with Crippen LogP contribution < -0.4 is 11.2 Å². The fourth-order valence-electron chi connectivity index (χ4n) is 2.64. The third-order valence-electron chi connectivity index (χ3n) is 3.75. The molecule has 120 valence electrons. The van der Waals surface area contributed by atoms with E-state index < -0.39 is 0 Å². The highest BCUT2D eigenvalue weighted by atomic mass is 16.2. The van der Waals surface area contributed by atoms with Gasteiger partial charge in [0.25, 0.3) is 5.56 Å². The molecule has 3 aromatic rings.